The Morgan fingerprint density at radius 2 is 1.63 bits per heavy atom. The normalized spacial score (nSPS) is 10.3. The number of hydrogen-bond acceptors (Lipinski definition) is 3. The molecule has 100 valence electrons. The molecule has 0 aliphatic carbocycles. The zero-order valence-corrected chi connectivity index (χ0v) is 13.7. The van der Waals surface area contributed by atoms with Crippen LogP contribution in [0.25, 0.3) is 0 Å². The first-order valence-corrected chi connectivity index (χ1v) is 7.17. The lowest BCUT2D eigenvalue weighted by Crippen LogP contribution is -1.92. The summed E-state index contributed by atoms with van der Waals surface area (Å²) in [5.41, 5.74) is 7.52. The SMILES string of the molecule is COc1cc(Br)c(Oc2ccc(N)c(C)c2)cc1Br. The highest BCUT2D eigenvalue weighted by molar-refractivity contribution is 9.11. The van der Waals surface area contributed by atoms with Gasteiger partial charge in [-0.3, -0.25) is 0 Å². The van der Waals surface area contributed by atoms with Crippen molar-refractivity contribution in [3.63, 3.8) is 0 Å². The van der Waals surface area contributed by atoms with Crippen LogP contribution in [0.5, 0.6) is 17.2 Å². The van der Waals surface area contributed by atoms with Gasteiger partial charge in [0.25, 0.3) is 0 Å². The van der Waals surface area contributed by atoms with Gasteiger partial charge in [0.15, 0.2) is 0 Å². The third-order valence-corrected chi connectivity index (χ3v) is 3.91. The minimum Gasteiger partial charge on any atom is -0.496 e. The summed E-state index contributed by atoms with van der Waals surface area (Å²) in [4.78, 5) is 0. The number of nitrogen functional groups attached to an aromatic ring is 1. The molecule has 19 heavy (non-hydrogen) atoms. The molecule has 2 rings (SSSR count). The molecule has 0 saturated carbocycles. The zero-order chi connectivity index (χ0) is 14.0. The van der Waals surface area contributed by atoms with Gasteiger partial charge in [-0.1, -0.05) is 0 Å². The Kier molecular flexibility index (Phi) is 4.37. The molecule has 5 heteroatoms. The second-order valence-electron chi connectivity index (χ2n) is 4.04. The van der Waals surface area contributed by atoms with Gasteiger partial charge in [-0.25, -0.2) is 0 Å². The van der Waals surface area contributed by atoms with Crippen molar-refractivity contribution in [2.75, 3.05) is 12.8 Å². The van der Waals surface area contributed by atoms with E-state index in [9.17, 15) is 0 Å². The van der Waals surface area contributed by atoms with Crippen molar-refractivity contribution < 1.29 is 9.47 Å². The molecule has 2 aromatic rings. The number of benzene rings is 2. The standard InChI is InChI=1S/C14H13Br2NO2/c1-8-5-9(3-4-12(8)17)19-14-7-10(15)13(18-2)6-11(14)16/h3-7H,17H2,1-2H3. The van der Waals surface area contributed by atoms with E-state index in [1.807, 2.05) is 37.3 Å². The van der Waals surface area contributed by atoms with Gasteiger partial charge in [0.05, 0.1) is 16.1 Å². The van der Waals surface area contributed by atoms with Gasteiger partial charge in [-0.05, 0) is 74.7 Å². The van der Waals surface area contributed by atoms with E-state index in [2.05, 4.69) is 31.9 Å². The molecule has 0 fully saturated rings. The Morgan fingerprint density at radius 1 is 1.00 bits per heavy atom. The Bertz CT molecular complexity index is 615. The number of methoxy groups -OCH3 is 1. The second kappa shape index (κ2) is 5.84. The Hall–Kier alpha value is -1.20. The number of rotatable bonds is 3. The first kappa shape index (κ1) is 14.2. The molecule has 2 N–H and O–H groups in total. The topological polar surface area (TPSA) is 44.5 Å². The van der Waals surface area contributed by atoms with Crippen molar-refractivity contribution in [1.82, 2.24) is 0 Å². The van der Waals surface area contributed by atoms with Gasteiger partial charge >= 0.3 is 0 Å². The molecule has 0 radical (unpaired) electrons. The molecule has 0 bridgehead atoms. The maximum Gasteiger partial charge on any atom is 0.143 e. The van der Waals surface area contributed by atoms with E-state index in [1.54, 1.807) is 7.11 Å². The lowest BCUT2D eigenvalue weighted by Gasteiger charge is -2.12. The van der Waals surface area contributed by atoms with Gasteiger partial charge < -0.3 is 15.2 Å². The highest BCUT2D eigenvalue weighted by Crippen LogP contribution is 2.38. The third kappa shape index (κ3) is 3.22. The highest BCUT2D eigenvalue weighted by atomic mass is 79.9. The Balaban J connectivity index is 2.32. The summed E-state index contributed by atoms with van der Waals surface area (Å²) >= 11 is 6.90. The quantitative estimate of drug-likeness (QED) is 0.762. The number of nitrogens with two attached hydrogens (primary N) is 1. The van der Waals surface area contributed by atoms with E-state index < -0.39 is 0 Å². The summed E-state index contributed by atoms with van der Waals surface area (Å²) in [7, 11) is 1.62. The molecule has 0 unspecified atom stereocenters. The summed E-state index contributed by atoms with van der Waals surface area (Å²) in [6, 6.07) is 9.28. The van der Waals surface area contributed by atoms with Crippen LogP contribution < -0.4 is 15.2 Å². The molecule has 0 atom stereocenters. The van der Waals surface area contributed by atoms with Crippen molar-refractivity contribution in [2.45, 2.75) is 6.92 Å². The summed E-state index contributed by atoms with van der Waals surface area (Å²) < 4.78 is 12.7. The molecular formula is C14H13Br2NO2. The monoisotopic (exact) mass is 385 g/mol. The molecule has 0 heterocycles. The van der Waals surface area contributed by atoms with Crippen molar-refractivity contribution in [3.8, 4) is 17.2 Å². The summed E-state index contributed by atoms with van der Waals surface area (Å²) in [6.07, 6.45) is 0. The van der Waals surface area contributed by atoms with Crippen molar-refractivity contribution >= 4 is 37.5 Å². The van der Waals surface area contributed by atoms with Crippen LogP contribution in [-0.2, 0) is 0 Å². The summed E-state index contributed by atoms with van der Waals surface area (Å²) in [5, 5.41) is 0. The number of ether oxygens (including phenoxy) is 2. The minimum atomic E-state index is 0.705. The number of anilines is 1. The van der Waals surface area contributed by atoms with E-state index in [1.165, 1.54) is 0 Å². The van der Waals surface area contributed by atoms with Crippen LogP contribution in [0, 0.1) is 6.92 Å². The van der Waals surface area contributed by atoms with Crippen LogP contribution in [0.3, 0.4) is 0 Å². The largest absolute Gasteiger partial charge is 0.496 e. The second-order valence-corrected chi connectivity index (χ2v) is 5.75. The Morgan fingerprint density at radius 3 is 2.26 bits per heavy atom. The maximum atomic E-state index is 5.84. The van der Waals surface area contributed by atoms with Gasteiger partial charge in [0.1, 0.15) is 17.2 Å². The fraction of sp³-hybridized carbons (Fsp3) is 0.143. The number of halogens is 2. The van der Waals surface area contributed by atoms with Gasteiger partial charge in [-0.2, -0.15) is 0 Å². The molecule has 2 aromatic carbocycles. The average molecular weight is 387 g/mol. The van der Waals surface area contributed by atoms with Crippen LogP contribution >= 0.6 is 31.9 Å². The van der Waals surface area contributed by atoms with Crippen LogP contribution in [0.1, 0.15) is 5.56 Å². The first-order chi connectivity index (χ1) is 9.01. The third-order valence-electron chi connectivity index (χ3n) is 2.68. The van der Waals surface area contributed by atoms with Crippen LogP contribution in [0.15, 0.2) is 39.3 Å². The molecule has 0 saturated heterocycles. The average Bonchev–Trinajstić information content (AvgIpc) is 2.38. The lowest BCUT2D eigenvalue weighted by molar-refractivity contribution is 0.409. The van der Waals surface area contributed by atoms with Crippen LogP contribution in [0.4, 0.5) is 5.69 Å². The fourth-order valence-electron chi connectivity index (χ4n) is 1.58. The smallest absolute Gasteiger partial charge is 0.143 e. The van der Waals surface area contributed by atoms with Gasteiger partial charge in [0, 0.05) is 5.69 Å². The maximum absolute atomic E-state index is 5.84. The van der Waals surface area contributed by atoms with E-state index in [0.717, 1.165) is 31.7 Å². The minimum absolute atomic E-state index is 0.705. The molecule has 3 nitrogen and oxygen atoms in total. The number of aryl methyl sites for hydroxylation is 1. The zero-order valence-electron chi connectivity index (χ0n) is 10.5. The van der Waals surface area contributed by atoms with Gasteiger partial charge in [-0.15, -0.1) is 0 Å². The van der Waals surface area contributed by atoms with Crippen LogP contribution in [0.2, 0.25) is 0 Å². The van der Waals surface area contributed by atoms with Gasteiger partial charge in [0.2, 0.25) is 0 Å². The van der Waals surface area contributed by atoms with Crippen molar-refractivity contribution in [1.29, 1.82) is 0 Å². The molecule has 0 amide bonds. The van der Waals surface area contributed by atoms with E-state index >= 15 is 0 Å². The van der Waals surface area contributed by atoms with E-state index in [4.69, 9.17) is 15.2 Å². The van der Waals surface area contributed by atoms with Crippen molar-refractivity contribution in [3.05, 3.63) is 44.8 Å². The predicted molar refractivity (Wildman–Crippen MR) is 84.1 cm³/mol. The predicted octanol–water partition coefficient (Wildman–Crippen LogP) is 4.90. The molecule has 0 spiro atoms. The first-order valence-electron chi connectivity index (χ1n) is 5.58. The molecule has 0 aliphatic rings. The van der Waals surface area contributed by atoms with Crippen LogP contribution in [-0.4, -0.2) is 7.11 Å². The highest BCUT2D eigenvalue weighted by Gasteiger charge is 2.09. The summed E-state index contributed by atoms with van der Waals surface area (Å²) in [5.74, 6) is 2.19. The summed E-state index contributed by atoms with van der Waals surface area (Å²) in [6.45, 7) is 1.95. The molecular weight excluding hydrogens is 374 g/mol. The Labute approximate surface area is 129 Å². The molecule has 0 aromatic heterocycles. The fourth-order valence-corrected chi connectivity index (χ4v) is 2.47. The lowest BCUT2D eigenvalue weighted by atomic mass is 10.2. The van der Waals surface area contributed by atoms with E-state index in [-0.39, 0.29) is 0 Å². The number of hydrogen-bond donors (Lipinski definition) is 1. The van der Waals surface area contributed by atoms with E-state index in [0.29, 0.717) is 5.75 Å². The van der Waals surface area contributed by atoms with Crippen molar-refractivity contribution in [2.24, 2.45) is 0 Å². The molecule has 0 aliphatic heterocycles.